The van der Waals surface area contributed by atoms with Crippen molar-refractivity contribution in [3.8, 4) is 0 Å². The van der Waals surface area contributed by atoms with Crippen LogP contribution in [-0.4, -0.2) is 24.7 Å². The van der Waals surface area contributed by atoms with Gasteiger partial charge in [-0.25, -0.2) is 0 Å². The second kappa shape index (κ2) is 19.2. The van der Waals surface area contributed by atoms with Gasteiger partial charge >= 0.3 is 0 Å². The van der Waals surface area contributed by atoms with Crippen LogP contribution in [0.2, 0.25) is 0 Å². The average molecular weight is 360 g/mol. The van der Waals surface area contributed by atoms with Crippen molar-refractivity contribution in [3.63, 3.8) is 0 Å². The van der Waals surface area contributed by atoms with Crippen LogP contribution in [0.4, 0.5) is 0 Å². The van der Waals surface area contributed by atoms with Gasteiger partial charge in [0.15, 0.2) is 8.38 Å². The molecule has 0 saturated heterocycles. The SMILES string of the molecule is C=C(CCCCCCCCCCCCCCC)NCCOP(C)O. The van der Waals surface area contributed by atoms with Gasteiger partial charge in [-0.1, -0.05) is 90.6 Å². The van der Waals surface area contributed by atoms with Crippen LogP contribution < -0.4 is 5.32 Å². The first-order valence-corrected chi connectivity index (χ1v) is 11.8. The number of hydrogen-bond acceptors (Lipinski definition) is 3. The predicted octanol–water partition coefficient (Wildman–Crippen LogP) is 6.52. The Hall–Kier alpha value is -0.110. The number of hydrogen-bond donors (Lipinski definition) is 2. The molecule has 0 heterocycles. The summed E-state index contributed by atoms with van der Waals surface area (Å²) in [5.41, 5.74) is 1.10. The third-order valence-corrected chi connectivity index (χ3v) is 4.89. The number of allylic oxidation sites excluding steroid dienone is 1. The van der Waals surface area contributed by atoms with Crippen molar-refractivity contribution in [2.75, 3.05) is 19.8 Å². The molecule has 1 atom stereocenters. The average Bonchev–Trinajstić information content (AvgIpc) is 2.55. The lowest BCUT2D eigenvalue weighted by molar-refractivity contribution is 0.314. The number of unbranched alkanes of at least 4 members (excludes halogenated alkanes) is 12. The summed E-state index contributed by atoms with van der Waals surface area (Å²) in [6.45, 7) is 9.31. The molecule has 3 nitrogen and oxygen atoms in total. The van der Waals surface area contributed by atoms with E-state index < -0.39 is 8.38 Å². The Morgan fingerprint density at radius 1 is 0.875 bits per heavy atom. The Bertz CT molecular complexity index is 272. The maximum atomic E-state index is 9.05. The Morgan fingerprint density at radius 3 is 1.79 bits per heavy atom. The molecule has 0 fully saturated rings. The molecule has 24 heavy (non-hydrogen) atoms. The Kier molecular flexibility index (Phi) is 19.1. The Balaban J connectivity index is 3.12. The molecule has 2 N–H and O–H groups in total. The fraction of sp³-hybridized carbons (Fsp3) is 0.900. The zero-order valence-electron chi connectivity index (χ0n) is 16.3. The molecule has 0 rings (SSSR count). The second-order valence-corrected chi connectivity index (χ2v) is 8.01. The molecule has 0 radical (unpaired) electrons. The zero-order valence-corrected chi connectivity index (χ0v) is 17.2. The molecule has 0 aromatic rings. The third kappa shape index (κ3) is 19.9. The Morgan fingerprint density at radius 2 is 1.33 bits per heavy atom. The molecule has 0 aliphatic carbocycles. The van der Waals surface area contributed by atoms with Gasteiger partial charge in [0.2, 0.25) is 0 Å². The van der Waals surface area contributed by atoms with Crippen molar-refractivity contribution in [2.24, 2.45) is 0 Å². The minimum Gasteiger partial charge on any atom is -0.386 e. The molecule has 0 aliphatic rings. The molecule has 0 bridgehead atoms. The zero-order chi connectivity index (χ0) is 17.9. The largest absolute Gasteiger partial charge is 0.386 e. The fourth-order valence-corrected chi connectivity index (χ4v) is 3.21. The van der Waals surface area contributed by atoms with Crippen molar-refractivity contribution in [1.29, 1.82) is 0 Å². The lowest BCUT2D eigenvalue weighted by Gasteiger charge is -2.10. The molecule has 4 heteroatoms. The summed E-state index contributed by atoms with van der Waals surface area (Å²) in [6, 6.07) is 0. The molecule has 0 saturated carbocycles. The van der Waals surface area contributed by atoms with Gasteiger partial charge in [-0.15, -0.1) is 0 Å². The van der Waals surface area contributed by atoms with E-state index in [1.54, 1.807) is 6.66 Å². The highest BCUT2D eigenvalue weighted by atomic mass is 31.2. The van der Waals surface area contributed by atoms with Gasteiger partial charge in [-0.2, -0.15) is 0 Å². The van der Waals surface area contributed by atoms with Crippen LogP contribution in [0.5, 0.6) is 0 Å². The molecule has 0 spiro atoms. The van der Waals surface area contributed by atoms with Gasteiger partial charge in [-0.05, 0) is 12.8 Å². The van der Waals surface area contributed by atoms with Crippen molar-refractivity contribution in [1.82, 2.24) is 5.32 Å². The van der Waals surface area contributed by atoms with Gasteiger partial charge in [0.1, 0.15) is 0 Å². The van der Waals surface area contributed by atoms with E-state index in [2.05, 4.69) is 18.8 Å². The minimum atomic E-state index is -1.23. The van der Waals surface area contributed by atoms with E-state index >= 15 is 0 Å². The summed E-state index contributed by atoms with van der Waals surface area (Å²) in [7, 11) is -1.23. The number of rotatable bonds is 19. The lowest BCUT2D eigenvalue weighted by atomic mass is 10.0. The normalized spacial score (nSPS) is 12.3. The summed E-state index contributed by atoms with van der Waals surface area (Å²) < 4.78 is 5.13. The first-order valence-electron chi connectivity index (χ1n) is 10.1. The topological polar surface area (TPSA) is 41.5 Å². The summed E-state index contributed by atoms with van der Waals surface area (Å²) in [6.07, 6.45) is 19.1. The van der Waals surface area contributed by atoms with Gasteiger partial charge in [0, 0.05) is 18.9 Å². The van der Waals surface area contributed by atoms with E-state index in [1.165, 1.54) is 83.5 Å². The van der Waals surface area contributed by atoms with Crippen LogP contribution in [0.25, 0.3) is 0 Å². The Labute approximate surface area is 152 Å². The van der Waals surface area contributed by atoms with Crippen LogP contribution in [0, 0.1) is 0 Å². The summed E-state index contributed by atoms with van der Waals surface area (Å²) in [5, 5.41) is 3.26. The van der Waals surface area contributed by atoms with E-state index in [0.29, 0.717) is 6.61 Å². The van der Waals surface area contributed by atoms with Crippen molar-refractivity contribution in [3.05, 3.63) is 12.3 Å². The molecule has 144 valence electrons. The van der Waals surface area contributed by atoms with Crippen LogP contribution in [0.3, 0.4) is 0 Å². The highest BCUT2D eigenvalue weighted by Crippen LogP contribution is 2.23. The van der Waals surface area contributed by atoms with Crippen LogP contribution in [-0.2, 0) is 4.52 Å². The molecule has 0 aliphatic heterocycles. The van der Waals surface area contributed by atoms with Crippen LogP contribution >= 0.6 is 8.38 Å². The van der Waals surface area contributed by atoms with E-state index in [1.807, 2.05) is 0 Å². The predicted molar refractivity (Wildman–Crippen MR) is 108 cm³/mol. The third-order valence-electron chi connectivity index (χ3n) is 4.34. The first kappa shape index (κ1) is 23.9. The lowest BCUT2D eigenvalue weighted by Crippen LogP contribution is -2.17. The maximum Gasteiger partial charge on any atom is 0.164 e. The molecule has 1 unspecified atom stereocenters. The fourth-order valence-electron chi connectivity index (χ4n) is 2.85. The van der Waals surface area contributed by atoms with Crippen LogP contribution in [0.1, 0.15) is 96.8 Å². The molecular formula is C20H42NO2P. The van der Waals surface area contributed by atoms with Gasteiger partial charge in [0.05, 0.1) is 6.61 Å². The summed E-state index contributed by atoms with van der Waals surface area (Å²) >= 11 is 0. The van der Waals surface area contributed by atoms with E-state index in [4.69, 9.17) is 9.42 Å². The first-order chi connectivity index (χ1) is 11.7. The van der Waals surface area contributed by atoms with E-state index in [9.17, 15) is 0 Å². The summed E-state index contributed by atoms with van der Waals surface area (Å²) in [5.74, 6) is 0. The minimum absolute atomic E-state index is 0.552. The molecule has 0 amide bonds. The van der Waals surface area contributed by atoms with Gasteiger partial charge in [0.25, 0.3) is 0 Å². The highest BCUT2D eigenvalue weighted by Gasteiger charge is 1.98. The van der Waals surface area contributed by atoms with Crippen molar-refractivity contribution in [2.45, 2.75) is 96.8 Å². The quantitative estimate of drug-likeness (QED) is 0.204. The van der Waals surface area contributed by atoms with E-state index in [0.717, 1.165) is 18.7 Å². The summed E-state index contributed by atoms with van der Waals surface area (Å²) in [4.78, 5) is 9.05. The van der Waals surface area contributed by atoms with Crippen molar-refractivity contribution >= 4 is 8.38 Å². The second-order valence-electron chi connectivity index (χ2n) is 6.82. The van der Waals surface area contributed by atoms with E-state index in [-0.39, 0.29) is 0 Å². The molecular weight excluding hydrogens is 317 g/mol. The van der Waals surface area contributed by atoms with Gasteiger partial charge in [-0.3, -0.25) is 0 Å². The standard InChI is InChI=1S/C20H42NO2P/c1-4-5-6-7-8-9-10-11-12-13-14-15-16-17-20(2)21-18-19-23-24(3)22/h21-22H,2,4-19H2,1,3H3. The number of nitrogens with one attached hydrogen (secondary N) is 1. The maximum absolute atomic E-state index is 9.05. The smallest absolute Gasteiger partial charge is 0.164 e. The molecule has 0 aromatic carbocycles. The van der Waals surface area contributed by atoms with Gasteiger partial charge < -0.3 is 14.7 Å². The monoisotopic (exact) mass is 359 g/mol. The molecule has 0 aromatic heterocycles. The van der Waals surface area contributed by atoms with Crippen LogP contribution in [0.15, 0.2) is 12.3 Å². The highest BCUT2D eigenvalue weighted by molar-refractivity contribution is 7.45. The van der Waals surface area contributed by atoms with Crippen molar-refractivity contribution < 1.29 is 9.42 Å².